The zero-order valence-corrected chi connectivity index (χ0v) is 11.6. The lowest BCUT2D eigenvalue weighted by Gasteiger charge is -2.24. The summed E-state index contributed by atoms with van der Waals surface area (Å²) in [5, 5.41) is 5.81. The van der Waals surface area contributed by atoms with Crippen LogP contribution in [-0.2, 0) is 11.2 Å². The second-order valence-electron chi connectivity index (χ2n) is 5.22. The summed E-state index contributed by atoms with van der Waals surface area (Å²) >= 11 is 0. The molecule has 0 atom stereocenters. The van der Waals surface area contributed by atoms with Gasteiger partial charge in [0.25, 0.3) is 0 Å². The van der Waals surface area contributed by atoms with Gasteiger partial charge in [-0.1, -0.05) is 42.5 Å². The number of benzene rings is 2. The zero-order valence-electron chi connectivity index (χ0n) is 11.6. The fourth-order valence-corrected chi connectivity index (χ4v) is 2.44. The average Bonchev–Trinajstić information content (AvgIpc) is 2.48. The SMILES string of the molecule is CN1CNC(CCc2ccc3ccccc3c2)=CC1=O. The van der Waals surface area contributed by atoms with E-state index >= 15 is 0 Å². The molecule has 0 fully saturated rings. The summed E-state index contributed by atoms with van der Waals surface area (Å²) in [6.45, 7) is 0.600. The second-order valence-corrected chi connectivity index (χ2v) is 5.22. The van der Waals surface area contributed by atoms with Gasteiger partial charge in [0.1, 0.15) is 0 Å². The van der Waals surface area contributed by atoms with Gasteiger partial charge in [0.05, 0.1) is 6.67 Å². The van der Waals surface area contributed by atoms with Crippen LogP contribution < -0.4 is 5.32 Å². The molecule has 1 heterocycles. The minimum Gasteiger partial charge on any atom is -0.371 e. The molecular formula is C17H18N2O. The zero-order chi connectivity index (χ0) is 13.9. The first kappa shape index (κ1) is 12.7. The third-order valence-electron chi connectivity index (χ3n) is 3.71. The van der Waals surface area contributed by atoms with E-state index in [1.165, 1.54) is 16.3 Å². The number of hydrogen-bond acceptors (Lipinski definition) is 2. The molecule has 20 heavy (non-hydrogen) atoms. The van der Waals surface area contributed by atoms with Crippen molar-refractivity contribution in [2.75, 3.05) is 13.7 Å². The molecule has 0 unspecified atom stereocenters. The van der Waals surface area contributed by atoms with Crippen molar-refractivity contribution in [2.45, 2.75) is 12.8 Å². The third-order valence-corrected chi connectivity index (χ3v) is 3.71. The molecule has 3 heteroatoms. The van der Waals surface area contributed by atoms with Crippen LogP contribution in [0.1, 0.15) is 12.0 Å². The van der Waals surface area contributed by atoms with Gasteiger partial charge in [-0.05, 0) is 29.2 Å². The Morgan fingerprint density at radius 3 is 2.70 bits per heavy atom. The first-order valence-corrected chi connectivity index (χ1v) is 6.89. The van der Waals surface area contributed by atoms with Crippen LogP contribution in [-0.4, -0.2) is 24.5 Å². The summed E-state index contributed by atoms with van der Waals surface area (Å²) < 4.78 is 0. The molecule has 0 aliphatic carbocycles. The van der Waals surface area contributed by atoms with Crippen LogP contribution in [0.2, 0.25) is 0 Å². The molecule has 0 aromatic heterocycles. The largest absolute Gasteiger partial charge is 0.371 e. The van der Waals surface area contributed by atoms with Crippen LogP contribution in [0, 0.1) is 0 Å². The van der Waals surface area contributed by atoms with Gasteiger partial charge >= 0.3 is 0 Å². The van der Waals surface area contributed by atoms with Crippen molar-refractivity contribution >= 4 is 16.7 Å². The Balaban J connectivity index is 1.71. The molecule has 0 spiro atoms. The molecule has 1 N–H and O–H groups in total. The van der Waals surface area contributed by atoms with E-state index in [0.717, 1.165) is 18.5 Å². The predicted molar refractivity (Wildman–Crippen MR) is 81.1 cm³/mol. The second kappa shape index (κ2) is 5.37. The van der Waals surface area contributed by atoms with Crippen molar-refractivity contribution < 1.29 is 4.79 Å². The Hall–Kier alpha value is -2.29. The van der Waals surface area contributed by atoms with E-state index in [-0.39, 0.29) is 5.91 Å². The molecule has 0 saturated carbocycles. The van der Waals surface area contributed by atoms with Crippen LogP contribution in [0.3, 0.4) is 0 Å². The highest BCUT2D eigenvalue weighted by Crippen LogP contribution is 2.18. The lowest BCUT2D eigenvalue weighted by Crippen LogP contribution is -2.39. The highest BCUT2D eigenvalue weighted by Gasteiger charge is 2.13. The number of hydrogen-bond donors (Lipinski definition) is 1. The Kier molecular flexibility index (Phi) is 3.42. The molecule has 0 radical (unpaired) electrons. The van der Waals surface area contributed by atoms with Gasteiger partial charge in [-0.25, -0.2) is 0 Å². The number of nitrogens with one attached hydrogen (secondary N) is 1. The third kappa shape index (κ3) is 2.67. The summed E-state index contributed by atoms with van der Waals surface area (Å²) in [6.07, 6.45) is 3.52. The number of fused-ring (bicyclic) bond motifs is 1. The van der Waals surface area contributed by atoms with E-state index in [4.69, 9.17) is 0 Å². The highest BCUT2D eigenvalue weighted by molar-refractivity contribution is 5.88. The fourth-order valence-electron chi connectivity index (χ4n) is 2.44. The number of rotatable bonds is 3. The summed E-state index contributed by atoms with van der Waals surface area (Å²) in [5.41, 5.74) is 2.33. The number of nitrogens with zero attached hydrogens (tertiary/aromatic N) is 1. The van der Waals surface area contributed by atoms with E-state index in [2.05, 4.69) is 47.8 Å². The quantitative estimate of drug-likeness (QED) is 0.926. The molecule has 2 aromatic rings. The lowest BCUT2D eigenvalue weighted by atomic mass is 10.0. The Bertz CT molecular complexity index is 675. The predicted octanol–water partition coefficient (Wildman–Crippen LogP) is 2.68. The number of carbonyl (C=O) groups is 1. The van der Waals surface area contributed by atoms with Crippen LogP contribution in [0.4, 0.5) is 0 Å². The topological polar surface area (TPSA) is 32.3 Å². The molecule has 1 aliphatic heterocycles. The minimum atomic E-state index is 0.0808. The molecule has 2 aromatic carbocycles. The summed E-state index contributed by atoms with van der Waals surface area (Å²) in [7, 11) is 1.80. The van der Waals surface area contributed by atoms with Crippen molar-refractivity contribution in [2.24, 2.45) is 0 Å². The van der Waals surface area contributed by atoms with Gasteiger partial charge in [-0.15, -0.1) is 0 Å². The molecule has 0 bridgehead atoms. The van der Waals surface area contributed by atoms with Gasteiger partial charge in [-0.2, -0.15) is 0 Å². The highest BCUT2D eigenvalue weighted by atomic mass is 16.2. The first-order valence-electron chi connectivity index (χ1n) is 6.89. The first-order chi connectivity index (χ1) is 9.72. The lowest BCUT2D eigenvalue weighted by molar-refractivity contribution is -0.125. The smallest absolute Gasteiger partial charge is 0.249 e. The van der Waals surface area contributed by atoms with Crippen molar-refractivity contribution in [1.29, 1.82) is 0 Å². The Morgan fingerprint density at radius 2 is 1.90 bits per heavy atom. The maximum atomic E-state index is 11.6. The molecule has 102 valence electrons. The van der Waals surface area contributed by atoms with E-state index in [9.17, 15) is 4.79 Å². The van der Waals surface area contributed by atoms with Gasteiger partial charge < -0.3 is 10.2 Å². The number of likely N-dealkylation sites (N-methyl/N-ethyl adjacent to an activating group) is 1. The number of carbonyl (C=O) groups excluding carboxylic acids is 1. The summed E-state index contributed by atoms with van der Waals surface area (Å²) in [4.78, 5) is 13.3. The van der Waals surface area contributed by atoms with Crippen molar-refractivity contribution in [1.82, 2.24) is 10.2 Å². The van der Waals surface area contributed by atoms with Crippen LogP contribution in [0.15, 0.2) is 54.2 Å². The van der Waals surface area contributed by atoms with E-state index in [1.807, 2.05) is 0 Å². The van der Waals surface area contributed by atoms with Crippen molar-refractivity contribution in [3.63, 3.8) is 0 Å². The summed E-state index contributed by atoms with van der Waals surface area (Å²) in [5.74, 6) is 0.0808. The molecule has 3 rings (SSSR count). The minimum absolute atomic E-state index is 0.0808. The molecule has 0 saturated heterocycles. The van der Waals surface area contributed by atoms with Gasteiger partial charge in [0.15, 0.2) is 0 Å². The van der Waals surface area contributed by atoms with E-state index in [1.54, 1.807) is 18.0 Å². The molecule has 3 nitrogen and oxygen atoms in total. The standard InChI is InChI=1S/C17H18N2O/c1-19-12-18-16(11-17(19)20)9-7-13-6-8-14-4-2-3-5-15(14)10-13/h2-6,8,10-11,18H,7,9,12H2,1H3. The number of aryl methyl sites for hydroxylation is 1. The Labute approximate surface area is 118 Å². The molecular weight excluding hydrogens is 248 g/mol. The van der Waals surface area contributed by atoms with Crippen molar-refractivity contribution in [3.8, 4) is 0 Å². The van der Waals surface area contributed by atoms with Crippen molar-refractivity contribution in [3.05, 3.63) is 59.8 Å². The maximum absolute atomic E-state index is 11.6. The number of amides is 1. The van der Waals surface area contributed by atoms with Gasteiger partial charge in [0.2, 0.25) is 5.91 Å². The van der Waals surface area contributed by atoms with Gasteiger partial charge in [0, 0.05) is 18.8 Å². The van der Waals surface area contributed by atoms with Crippen LogP contribution in [0.5, 0.6) is 0 Å². The van der Waals surface area contributed by atoms with E-state index in [0.29, 0.717) is 6.67 Å². The molecule has 1 aliphatic rings. The van der Waals surface area contributed by atoms with E-state index < -0.39 is 0 Å². The monoisotopic (exact) mass is 266 g/mol. The average molecular weight is 266 g/mol. The fraction of sp³-hybridized carbons (Fsp3) is 0.235. The normalized spacial score (nSPS) is 15.2. The number of allylic oxidation sites excluding steroid dienone is 1. The summed E-state index contributed by atoms with van der Waals surface area (Å²) in [6, 6.07) is 14.9. The molecule has 1 amide bonds. The van der Waals surface area contributed by atoms with Crippen LogP contribution in [0.25, 0.3) is 10.8 Å². The maximum Gasteiger partial charge on any atom is 0.249 e. The van der Waals surface area contributed by atoms with Crippen LogP contribution >= 0.6 is 0 Å². The van der Waals surface area contributed by atoms with Gasteiger partial charge in [-0.3, -0.25) is 4.79 Å². The Morgan fingerprint density at radius 1 is 1.10 bits per heavy atom.